The number of nitrogens with zero attached hydrogens (tertiary/aromatic N) is 3. The van der Waals surface area contributed by atoms with Crippen LogP contribution in [0.1, 0.15) is 141 Å². The summed E-state index contributed by atoms with van der Waals surface area (Å²) in [6.07, 6.45) is 23.6. The lowest BCUT2D eigenvalue weighted by molar-refractivity contribution is 0.397. The van der Waals surface area contributed by atoms with Crippen LogP contribution in [0.4, 0.5) is 17.1 Å². The van der Waals surface area contributed by atoms with Gasteiger partial charge in [0.05, 0.1) is 11.0 Å². The van der Waals surface area contributed by atoms with E-state index in [9.17, 15) is 0 Å². The van der Waals surface area contributed by atoms with Crippen molar-refractivity contribution >= 4 is 28.1 Å². The molecule has 0 spiro atoms. The van der Waals surface area contributed by atoms with Gasteiger partial charge in [-0.25, -0.2) is 4.98 Å². The highest BCUT2D eigenvalue weighted by Crippen LogP contribution is 2.56. The number of benzene rings is 6. The molecule has 0 saturated carbocycles. The molecule has 0 radical (unpaired) electrons. The van der Waals surface area contributed by atoms with Crippen LogP contribution < -0.4 is 4.90 Å². The zero-order chi connectivity index (χ0) is 41.7. The molecule has 1 aliphatic rings. The first-order valence-corrected chi connectivity index (χ1v) is 23.9. The fourth-order valence-corrected chi connectivity index (χ4v) is 10.2. The highest BCUT2D eigenvalue weighted by molar-refractivity contribution is 5.89. The Kier molecular flexibility index (Phi) is 14.5. The van der Waals surface area contributed by atoms with Gasteiger partial charge in [0.15, 0.2) is 0 Å². The van der Waals surface area contributed by atoms with E-state index >= 15 is 0 Å². The molecule has 0 atom stereocenters. The second-order valence-electron chi connectivity index (χ2n) is 17.6. The molecule has 314 valence electrons. The molecule has 3 nitrogen and oxygen atoms in total. The van der Waals surface area contributed by atoms with Crippen molar-refractivity contribution < 1.29 is 0 Å². The summed E-state index contributed by atoms with van der Waals surface area (Å²) in [5.74, 6) is 1.01. The maximum absolute atomic E-state index is 5.38. The molecule has 0 fully saturated rings. The van der Waals surface area contributed by atoms with Crippen LogP contribution in [0.3, 0.4) is 0 Å². The summed E-state index contributed by atoms with van der Waals surface area (Å²) in [6.45, 7) is 4.63. The average molecular weight is 806 g/mol. The van der Waals surface area contributed by atoms with Gasteiger partial charge in [-0.3, -0.25) is 4.57 Å². The maximum Gasteiger partial charge on any atom is 0.145 e. The van der Waals surface area contributed by atoms with Crippen LogP contribution in [-0.4, -0.2) is 9.55 Å². The highest BCUT2D eigenvalue weighted by Gasteiger charge is 2.43. The van der Waals surface area contributed by atoms with E-state index in [1.807, 2.05) is 0 Å². The third-order valence-corrected chi connectivity index (χ3v) is 13.4. The molecule has 0 bridgehead atoms. The minimum Gasteiger partial charge on any atom is -0.310 e. The van der Waals surface area contributed by atoms with Crippen molar-refractivity contribution in [1.29, 1.82) is 0 Å². The Hall–Kier alpha value is -5.41. The number of hydrogen-bond donors (Lipinski definition) is 0. The van der Waals surface area contributed by atoms with Crippen molar-refractivity contribution in [1.82, 2.24) is 9.55 Å². The fourth-order valence-electron chi connectivity index (χ4n) is 10.2. The molecule has 0 amide bonds. The van der Waals surface area contributed by atoms with E-state index < -0.39 is 0 Å². The summed E-state index contributed by atoms with van der Waals surface area (Å²) in [4.78, 5) is 7.83. The van der Waals surface area contributed by atoms with Gasteiger partial charge in [-0.15, -0.1) is 0 Å². The van der Waals surface area contributed by atoms with Crippen LogP contribution in [0.5, 0.6) is 0 Å². The van der Waals surface area contributed by atoms with Gasteiger partial charge in [0.1, 0.15) is 5.82 Å². The van der Waals surface area contributed by atoms with Gasteiger partial charge in [-0.05, 0) is 102 Å². The van der Waals surface area contributed by atoms with E-state index in [1.54, 1.807) is 0 Å². The first-order valence-electron chi connectivity index (χ1n) is 23.9. The molecule has 1 aromatic heterocycles. The zero-order valence-electron chi connectivity index (χ0n) is 37.0. The van der Waals surface area contributed by atoms with Gasteiger partial charge in [0.25, 0.3) is 0 Å². The number of hydrogen-bond acceptors (Lipinski definition) is 2. The van der Waals surface area contributed by atoms with Crippen molar-refractivity contribution in [2.45, 2.75) is 135 Å². The monoisotopic (exact) mass is 806 g/mol. The Morgan fingerprint density at radius 2 is 0.918 bits per heavy atom. The molecule has 1 heterocycles. The normalized spacial score (nSPS) is 12.8. The minimum atomic E-state index is -0.0935. The van der Waals surface area contributed by atoms with E-state index in [-0.39, 0.29) is 5.41 Å². The second-order valence-corrected chi connectivity index (χ2v) is 17.6. The highest BCUT2D eigenvalue weighted by atomic mass is 15.1. The van der Waals surface area contributed by atoms with Crippen LogP contribution in [0, 0.1) is 0 Å². The summed E-state index contributed by atoms with van der Waals surface area (Å²) >= 11 is 0. The molecule has 1 aliphatic carbocycles. The summed E-state index contributed by atoms with van der Waals surface area (Å²) in [5, 5.41) is 0. The SMILES string of the molecule is CCCCCCCCCCC1(CCCCCCCCCC)c2cc(-c3nc4ccccc4n3-c3ccccc3)ccc2-c2ccc(N(c3ccccc3)c3ccccc3)cc21. The lowest BCUT2D eigenvalue weighted by atomic mass is 9.70. The Morgan fingerprint density at radius 3 is 1.49 bits per heavy atom. The average Bonchev–Trinajstić information content (AvgIpc) is 3.83. The number of aromatic nitrogens is 2. The van der Waals surface area contributed by atoms with Gasteiger partial charge < -0.3 is 4.90 Å². The summed E-state index contributed by atoms with van der Waals surface area (Å²) in [6, 6.07) is 56.0. The van der Waals surface area contributed by atoms with Crippen molar-refractivity contribution in [3.8, 4) is 28.2 Å². The molecule has 0 unspecified atom stereocenters. The number of rotatable bonds is 23. The first kappa shape index (κ1) is 42.3. The van der Waals surface area contributed by atoms with Crippen molar-refractivity contribution in [3.05, 3.63) is 163 Å². The Balaban J connectivity index is 1.24. The number of imidazole rings is 1. The molecule has 3 heteroatoms. The van der Waals surface area contributed by atoms with E-state index in [0.717, 1.165) is 35.4 Å². The molecular formula is C58H67N3. The third kappa shape index (κ3) is 9.57. The standard InChI is InChI=1S/C58H67N3/c1-3-5-7-9-11-13-15-28-42-58(43-29-16-14-12-10-8-6-4-2)53-44-46(57-59-55-36-26-27-37-56(55)61(57)49-34-24-19-25-35-49)38-40-51(53)52-41-39-50(45-54(52)58)60(47-30-20-17-21-31-47)48-32-22-18-23-33-48/h17-27,30-41,44-45H,3-16,28-29,42-43H2,1-2H3. The van der Waals surface area contributed by atoms with E-state index in [4.69, 9.17) is 4.98 Å². The van der Waals surface area contributed by atoms with Crippen LogP contribution in [0.25, 0.3) is 39.2 Å². The van der Waals surface area contributed by atoms with Crippen LogP contribution in [0.15, 0.2) is 152 Å². The topological polar surface area (TPSA) is 21.1 Å². The third-order valence-electron chi connectivity index (χ3n) is 13.4. The number of unbranched alkanes of at least 4 members (excludes halogenated alkanes) is 14. The Labute approximate surface area is 366 Å². The number of anilines is 3. The van der Waals surface area contributed by atoms with Crippen molar-refractivity contribution in [2.75, 3.05) is 4.90 Å². The smallest absolute Gasteiger partial charge is 0.145 e. The van der Waals surface area contributed by atoms with E-state index in [2.05, 4.69) is 175 Å². The molecular weight excluding hydrogens is 739 g/mol. The molecule has 6 aromatic carbocycles. The largest absolute Gasteiger partial charge is 0.310 e. The summed E-state index contributed by atoms with van der Waals surface area (Å²) in [7, 11) is 0. The van der Waals surface area contributed by atoms with E-state index in [1.165, 1.54) is 148 Å². The van der Waals surface area contributed by atoms with Crippen LogP contribution in [0.2, 0.25) is 0 Å². The zero-order valence-corrected chi connectivity index (χ0v) is 37.0. The number of fused-ring (bicyclic) bond motifs is 4. The Bertz CT molecular complexity index is 2350. The van der Waals surface area contributed by atoms with Gasteiger partial charge in [-0.1, -0.05) is 202 Å². The lowest BCUT2D eigenvalue weighted by Crippen LogP contribution is -2.26. The predicted molar refractivity (Wildman–Crippen MR) is 262 cm³/mol. The van der Waals surface area contributed by atoms with Crippen molar-refractivity contribution in [3.63, 3.8) is 0 Å². The van der Waals surface area contributed by atoms with Gasteiger partial charge >= 0.3 is 0 Å². The molecule has 61 heavy (non-hydrogen) atoms. The minimum absolute atomic E-state index is 0.0935. The number of para-hydroxylation sites is 5. The first-order chi connectivity index (χ1) is 30.2. The molecule has 0 aliphatic heterocycles. The van der Waals surface area contributed by atoms with Gasteiger partial charge in [0, 0.05) is 33.7 Å². The summed E-state index contributed by atoms with van der Waals surface area (Å²) < 4.78 is 2.37. The lowest BCUT2D eigenvalue weighted by Gasteiger charge is -2.34. The molecule has 7 aromatic rings. The molecule has 0 saturated heterocycles. The summed E-state index contributed by atoms with van der Waals surface area (Å²) in [5.41, 5.74) is 13.8. The van der Waals surface area contributed by atoms with Gasteiger partial charge in [-0.2, -0.15) is 0 Å². The van der Waals surface area contributed by atoms with Crippen LogP contribution in [-0.2, 0) is 5.41 Å². The fraction of sp³-hybridized carbons (Fsp3) is 0.362. The molecule has 8 rings (SSSR count). The Morgan fingerprint density at radius 1 is 0.443 bits per heavy atom. The van der Waals surface area contributed by atoms with Crippen LogP contribution >= 0.6 is 0 Å². The van der Waals surface area contributed by atoms with E-state index in [0.29, 0.717) is 0 Å². The van der Waals surface area contributed by atoms with Crippen molar-refractivity contribution in [2.24, 2.45) is 0 Å². The predicted octanol–water partition coefficient (Wildman–Crippen LogP) is 17.5. The van der Waals surface area contributed by atoms with Gasteiger partial charge in [0.2, 0.25) is 0 Å². The molecule has 0 N–H and O–H groups in total. The second kappa shape index (κ2) is 20.9. The maximum atomic E-state index is 5.38. The quantitative estimate of drug-likeness (QED) is 0.0601.